The summed E-state index contributed by atoms with van der Waals surface area (Å²) < 4.78 is 11.4. The van der Waals surface area contributed by atoms with E-state index in [1.165, 1.54) is 5.56 Å². The molecule has 1 saturated carbocycles. The maximum absolute atomic E-state index is 5.88. The van der Waals surface area contributed by atoms with Gasteiger partial charge in [-0.15, -0.1) is 11.6 Å². The average molecular weight is 225 g/mol. The van der Waals surface area contributed by atoms with E-state index in [1.54, 1.807) is 0 Å². The second-order valence-electron chi connectivity index (χ2n) is 4.29. The van der Waals surface area contributed by atoms with Crippen LogP contribution in [-0.4, -0.2) is 18.1 Å². The molecule has 2 nitrogen and oxygen atoms in total. The van der Waals surface area contributed by atoms with E-state index in [1.807, 2.05) is 12.1 Å². The second kappa shape index (κ2) is 3.31. The molecule has 80 valence electrons. The van der Waals surface area contributed by atoms with Crippen LogP contribution in [0.25, 0.3) is 0 Å². The first kappa shape index (κ1) is 9.34. The lowest BCUT2D eigenvalue weighted by Gasteiger charge is -2.15. The summed E-state index contributed by atoms with van der Waals surface area (Å²) >= 11 is 5.87. The highest BCUT2D eigenvalue weighted by Crippen LogP contribution is 2.42. The lowest BCUT2D eigenvalue weighted by Crippen LogP contribution is -2.19. The Kier molecular flexibility index (Phi) is 2.06. The number of fused-ring (bicyclic) bond motifs is 1. The van der Waals surface area contributed by atoms with Gasteiger partial charge < -0.3 is 9.47 Å². The van der Waals surface area contributed by atoms with Gasteiger partial charge in [0.25, 0.3) is 0 Å². The molecule has 3 heteroatoms. The third-order valence-electron chi connectivity index (χ3n) is 3.05. The molecule has 1 aromatic rings. The summed E-state index contributed by atoms with van der Waals surface area (Å²) in [5, 5.41) is 0. The van der Waals surface area contributed by atoms with Crippen LogP contribution < -0.4 is 9.47 Å². The van der Waals surface area contributed by atoms with E-state index in [-0.39, 0.29) is 5.60 Å². The molecule has 0 aromatic heterocycles. The molecule has 3 rings (SSSR count). The molecular weight excluding hydrogens is 212 g/mol. The molecule has 0 unspecified atom stereocenters. The minimum atomic E-state index is -0.0889. The third-order valence-corrected chi connectivity index (χ3v) is 3.54. The Hall–Kier alpha value is -0.890. The standard InChI is InChI=1S/C12H13ClO2/c13-8-12(4-5-12)15-10-2-1-9-3-6-14-11(9)7-10/h1-2,7H,3-6,8H2. The summed E-state index contributed by atoms with van der Waals surface area (Å²) in [5.74, 6) is 2.43. The first-order chi connectivity index (χ1) is 7.31. The maximum atomic E-state index is 5.88. The number of halogens is 1. The van der Waals surface area contributed by atoms with E-state index < -0.39 is 0 Å². The first-order valence-corrected chi connectivity index (χ1v) is 5.86. The molecule has 0 spiro atoms. The van der Waals surface area contributed by atoms with Crippen molar-refractivity contribution in [1.82, 2.24) is 0 Å². The van der Waals surface area contributed by atoms with Crippen LogP contribution in [0.5, 0.6) is 11.5 Å². The Morgan fingerprint density at radius 1 is 1.40 bits per heavy atom. The van der Waals surface area contributed by atoms with Gasteiger partial charge in [-0.1, -0.05) is 6.07 Å². The van der Waals surface area contributed by atoms with Gasteiger partial charge in [-0.3, -0.25) is 0 Å². The molecule has 1 aliphatic heterocycles. The van der Waals surface area contributed by atoms with Crippen molar-refractivity contribution in [3.8, 4) is 11.5 Å². The number of alkyl halides is 1. The third kappa shape index (κ3) is 1.67. The monoisotopic (exact) mass is 224 g/mol. The Morgan fingerprint density at radius 2 is 2.27 bits per heavy atom. The highest BCUT2D eigenvalue weighted by atomic mass is 35.5. The lowest BCUT2D eigenvalue weighted by molar-refractivity contribution is 0.203. The Balaban J connectivity index is 1.81. The van der Waals surface area contributed by atoms with Crippen LogP contribution in [0, 0.1) is 0 Å². The van der Waals surface area contributed by atoms with E-state index in [0.29, 0.717) is 5.88 Å². The zero-order valence-electron chi connectivity index (χ0n) is 8.46. The Labute approximate surface area is 94.1 Å². The van der Waals surface area contributed by atoms with Gasteiger partial charge in [0.1, 0.15) is 17.1 Å². The minimum Gasteiger partial charge on any atom is -0.493 e. The zero-order chi connectivity index (χ0) is 10.3. The molecule has 1 fully saturated rings. The number of ether oxygens (including phenoxy) is 2. The zero-order valence-corrected chi connectivity index (χ0v) is 9.22. The summed E-state index contributed by atoms with van der Waals surface area (Å²) in [6.07, 6.45) is 3.14. The van der Waals surface area contributed by atoms with Crippen molar-refractivity contribution in [3.63, 3.8) is 0 Å². The van der Waals surface area contributed by atoms with Crippen molar-refractivity contribution in [2.24, 2.45) is 0 Å². The molecule has 1 aromatic carbocycles. The van der Waals surface area contributed by atoms with Crippen molar-refractivity contribution in [2.75, 3.05) is 12.5 Å². The quantitative estimate of drug-likeness (QED) is 0.736. The van der Waals surface area contributed by atoms with Crippen LogP contribution >= 0.6 is 11.6 Å². The van der Waals surface area contributed by atoms with Crippen LogP contribution in [0.1, 0.15) is 18.4 Å². The molecule has 2 aliphatic rings. The van der Waals surface area contributed by atoms with Crippen molar-refractivity contribution < 1.29 is 9.47 Å². The van der Waals surface area contributed by atoms with Crippen LogP contribution in [-0.2, 0) is 6.42 Å². The molecule has 0 N–H and O–H groups in total. The smallest absolute Gasteiger partial charge is 0.126 e. The topological polar surface area (TPSA) is 18.5 Å². The average Bonchev–Trinajstić information content (AvgIpc) is 2.88. The Bertz CT molecular complexity index is 385. The molecule has 0 saturated heterocycles. The fraction of sp³-hybridized carbons (Fsp3) is 0.500. The van der Waals surface area contributed by atoms with Crippen LogP contribution in [0.4, 0.5) is 0 Å². The van der Waals surface area contributed by atoms with Crippen molar-refractivity contribution in [3.05, 3.63) is 23.8 Å². The fourth-order valence-electron chi connectivity index (χ4n) is 1.86. The predicted octanol–water partition coefficient (Wildman–Crippen LogP) is 2.77. The number of hydrogen-bond acceptors (Lipinski definition) is 2. The summed E-state index contributed by atoms with van der Waals surface area (Å²) in [6.45, 7) is 0.791. The SMILES string of the molecule is ClCC1(Oc2ccc3c(c2)OCC3)CC1. The van der Waals surface area contributed by atoms with Gasteiger partial charge in [0.2, 0.25) is 0 Å². The van der Waals surface area contributed by atoms with Gasteiger partial charge in [-0.2, -0.15) is 0 Å². The van der Waals surface area contributed by atoms with Gasteiger partial charge >= 0.3 is 0 Å². The normalized spacial score (nSPS) is 20.6. The van der Waals surface area contributed by atoms with Gasteiger partial charge in [-0.25, -0.2) is 0 Å². The van der Waals surface area contributed by atoms with E-state index in [0.717, 1.165) is 37.4 Å². The molecule has 0 atom stereocenters. The van der Waals surface area contributed by atoms with E-state index in [9.17, 15) is 0 Å². The molecule has 1 aliphatic carbocycles. The molecule has 15 heavy (non-hydrogen) atoms. The molecule has 1 heterocycles. The predicted molar refractivity (Wildman–Crippen MR) is 59.0 cm³/mol. The molecule has 0 amide bonds. The summed E-state index contributed by atoms with van der Waals surface area (Å²) in [7, 11) is 0. The maximum Gasteiger partial charge on any atom is 0.126 e. The molecule has 0 bridgehead atoms. The van der Waals surface area contributed by atoms with Crippen molar-refractivity contribution >= 4 is 11.6 Å². The van der Waals surface area contributed by atoms with Crippen molar-refractivity contribution in [2.45, 2.75) is 24.9 Å². The minimum absolute atomic E-state index is 0.0889. The fourth-order valence-corrected chi connectivity index (χ4v) is 2.18. The van der Waals surface area contributed by atoms with E-state index in [2.05, 4.69) is 6.07 Å². The van der Waals surface area contributed by atoms with Crippen LogP contribution in [0.15, 0.2) is 18.2 Å². The molecular formula is C12H13ClO2. The summed E-state index contributed by atoms with van der Waals surface area (Å²) in [6, 6.07) is 6.08. The largest absolute Gasteiger partial charge is 0.493 e. The number of rotatable bonds is 3. The number of hydrogen-bond donors (Lipinski definition) is 0. The van der Waals surface area contributed by atoms with Gasteiger partial charge in [0.05, 0.1) is 12.5 Å². The van der Waals surface area contributed by atoms with Crippen LogP contribution in [0.3, 0.4) is 0 Å². The van der Waals surface area contributed by atoms with Gasteiger partial charge in [-0.05, 0) is 24.5 Å². The first-order valence-electron chi connectivity index (χ1n) is 5.32. The summed E-state index contributed by atoms with van der Waals surface area (Å²) in [5.41, 5.74) is 1.19. The lowest BCUT2D eigenvalue weighted by atomic mass is 10.2. The van der Waals surface area contributed by atoms with E-state index >= 15 is 0 Å². The van der Waals surface area contributed by atoms with E-state index in [4.69, 9.17) is 21.1 Å². The molecule has 0 radical (unpaired) electrons. The van der Waals surface area contributed by atoms with Crippen LogP contribution in [0.2, 0.25) is 0 Å². The van der Waals surface area contributed by atoms with Crippen molar-refractivity contribution in [1.29, 1.82) is 0 Å². The van der Waals surface area contributed by atoms with Gasteiger partial charge in [0, 0.05) is 12.5 Å². The highest BCUT2D eigenvalue weighted by Gasteiger charge is 2.44. The Morgan fingerprint density at radius 3 is 3.00 bits per heavy atom. The summed E-state index contributed by atoms with van der Waals surface area (Å²) in [4.78, 5) is 0. The number of benzene rings is 1. The second-order valence-corrected chi connectivity index (χ2v) is 4.55. The van der Waals surface area contributed by atoms with Gasteiger partial charge in [0.15, 0.2) is 0 Å². The highest BCUT2D eigenvalue weighted by molar-refractivity contribution is 6.18.